The third-order valence-electron chi connectivity index (χ3n) is 3.35. The van der Waals surface area contributed by atoms with Crippen LogP contribution in [0.3, 0.4) is 0 Å². The van der Waals surface area contributed by atoms with Crippen LogP contribution in [0.2, 0.25) is 0 Å². The van der Waals surface area contributed by atoms with E-state index in [9.17, 15) is 9.00 Å². The van der Waals surface area contributed by atoms with Gasteiger partial charge < -0.3 is 10.0 Å². The molecular weight excluding hydrogens is 320 g/mol. The van der Waals surface area contributed by atoms with Crippen molar-refractivity contribution in [1.29, 1.82) is 0 Å². The first-order valence-electron chi connectivity index (χ1n) is 7.42. The standard InChI is InChI=1S/C19H16N2O2S/c22-19(20-16-7-3-1-4-8-16)15-11-13-18(14-12-15)24(23)21-17-9-5-2-6-10-17/h1-14,21H,(H,20,22). The molecule has 0 saturated carbocycles. The number of carbonyl (C=O) groups excluding carboxylic acids is 1. The van der Waals surface area contributed by atoms with Crippen molar-refractivity contribution in [1.82, 2.24) is 0 Å². The molecule has 0 spiro atoms. The van der Waals surface area contributed by atoms with E-state index in [1.54, 1.807) is 24.3 Å². The molecule has 0 radical (unpaired) electrons. The summed E-state index contributed by atoms with van der Waals surface area (Å²) < 4.78 is 15.2. The maximum Gasteiger partial charge on any atom is 0.255 e. The largest absolute Gasteiger partial charge is 0.322 e. The zero-order chi connectivity index (χ0) is 16.8. The van der Waals surface area contributed by atoms with Gasteiger partial charge in [0.2, 0.25) is 0 Å². The lowest BCUT2D eigenvalue weighted by atomic mass is 10.2. The molecule has 3 rings (SSSR count). The maximum absolute atomic E-state index is 12.3. The summed E-state index contributed by atoms with van der Waals surface area (Å²) in [5.74, 6) is -0.199. The molecule has 24 heavy (non-hydrogen) atoms. The van der Waals surface area contributed by atoms with Crippen molar-refractivity contribution in [3.8, 4) is 0 Å². The highest BCUT2D eigenvalue weighted by atomic mass is 32.2. The van der Waals surface area contributed by atoms with E-state index in [2.05, 4.69) is 10.0 Å². The van der Waals surface area contributed by atoms with Gasteiger partial charge in [-0.25, -0.2) is 4.21 Å². The Morgan fingerprint density at radius 1 is 0.708 bits per heavy atom. The Bertz CT molecular complexity index is 762. The van der Waals surface area contributed by atoms with E-state index in [4.69, 9.17) is 0 Å². The molecule has 0 saturated heterocycles. The summed E-state index contributed by atoms with van der Waals surface area (Å²) >= 11 is 0. The molecule has 2 N–H and O–H groups in total. The van der Waals surface area contributed by atoms with Crippen LogP contribution in [0.4, 0.5) is 11.4 Å². The fourth-order valence-corrected chi connectivity index (χ4v) is 2.98. The molecule has 1 unspecified atom stereocenters. The summed E-state index contributed by atoms with van der Waals surface area (Å²) in [6.07, 6.45) is 0. The van der Waals surface area contributed by atoms with Crippen LogP contribution in [-0.4, -0.2) is 10.1 Å². The highest BCUT2D eigenvalue weighted by molar-refractivity contribution is 7.86. The summed E-state index contributed by atoms with van der Waals surface area (Å²) in [7, 11) is -1.38. The highest BCUT2D eigenvalue weighted by Gasteiger charge is 2.08. The lowest BCUT2D eigenvalue weighted by molar-refractivity contribution is 0.102. The predicted molar refractivity (Wildman–Crippen MR) is 97.3 cm³/mol. The van der Waals surface area contributed by atoms with Crippen LogP contribution in [0.1, 0.15) is 10.4 Å². The first-order valence-corrected chi connectivity index (χ1v) is 8.57. The second kappa shape index (κ2) is 7.57. The van der Waals surface area contributed by atoms with Crippen LogP contribution in [0.25, 0.3) is 0 Å². The molecule has 0 aromatic heterocycles. The van der Waals surface area contributed by atoms with Crippen molar-refractivity contribution in [2.45, 2.75) is 4.90 Å². The molecule has 0 fully saturated rings. The number of amides is 1. The Kier molecular flexibility index (Phi) is 5.03. The summed E-state index contributed by atoms with van der Waals surface area (Å²) in [4.78, 5) is 12.8. The smallest absolute Gasteiger partial charge is 0.255 e. The quantitative estimate of drug-likeness (QED) is 0.738. The van der Waals surface area contributed by atoms with Gasteiger partial charge in [0, 0.05) is 16.9 Å². The van der Waals surface area contributed by atoms with Crippen LogP contribution >= 0.6 is 0 Å². The number of carbonyl (C=O) groups is 1. The van der Waals surface area contributed by atoms with E-state index in [1.807, 2.05) is 60.7 Å². The molecule has 4 nitrogen and oxygen atoms in total. The minimum Gasteiger partial charge on any atom is -0.322 e. The third-order valence-corrected chi connectivity index (χ3v) is 4.47. The number of benzene rings is 3. The summed E-state index contributed by atoms with van der Waals surface area (Å²) in [5.41, 5.74) is 2.03. The Morgan fingerprint density at radius 2 is 1.25 bits per heavy atom. The van der Waals surface area contributed by atoms with E-state index in [0.717, 1.165) is 11.4 Å². The molecule has 5 heteroatoms. The summed E-state index contributed by atoms with van der Waals surface area (Å²) in [6.45, 7) is 0. The normalized spacial score (nSPS) is 11.5. The average Bonchev–Trinajstić information content (AvgIpc) is 2.63. The number of rotatable bonds is 5. The molecule has 0 bridgehead atoms. The Morgan fingerprint density at radius 3 is 1.83 bits per heavy atom. The minimum atomic E-state index is -1.38. The van der Waals surface area contributed by atoms with Gasteiger partial charge in [0.1, 0.15) is 11.0 Å². The Hall–Kier alpha value is -2.92. The lowest BCUT2D eigenvalue weighted by Gasteiger charge is -2.08. The van der Waals surface area contributed by atoms with Gasteiger partial charge in [-0.2, -0.15) is 0 Å². The van der Waals surface area contributed by atoms with Crippen molar-refractivity contribution >= 4 is 28.3 Å². The van der Waals surface area contributed by atoms with Crippen molar-refractivity contribution < 1.29 is 9.00 Å². The van der Waals surface area contributed by atoms with Gasteiger partial charge in [-0.3, -0.25) is 4.79 Å². The number of para-hydroxylation sites is 2. The Balaban J connectivity index is 1.66. The Labute approximate surface area is 143 Å². The monoisotopic (exact) mass is 336 g/mol. The summed E-state index contributed by atoms with van der Waals surface area (Å²) in [6, 6.07) is 25.3. The first kappa shape index (κ1) is 16.0. The molecule has 0 heterocycles. The number of hydrogen-bond donors (Lipinski definition) is 2. The molecule has 0 aliphatic heterocycles. The topological polar surface area (TPSA) is 58.2 Å². The van der Waals surface area contributed by atoms with Crippen molar-refractivity contribution in [3.63, 3.8) is 0 Å². The van der Waals surface area contributed by atoms with Crippen LogP contribution in [0.15, 0.2) is 89.8 Å². The van der Waals surface area contributed by atoms with Gasteiger partial charge in [-0.1, -0.05) is 36.4 Å². The van der Waals surface area contributed by atoms with Gasteiger partial charge in [0.05, 0.1) is 4.90 Å². The molecule has 1 amide bonds. The van der Waals surface area contributed by atoms with E-state index >= 15 is 0 Å². The molecular formula is C19H16N2O2S. The lowest BCUT2D eigenvalue weighted by Crippen LogP contribution is -2.12. The number of anilines is 2. The second-order valence-corrected chi connectivity index (χ2v) is 6.29. The summed E-state index contributed by atoms with van der Waals surface area (Å²) in [5, 5.41) is 2.82. The second-order valence-electron chi connectivity index (χ2n) is 5.08. The van der Waals surface area contributed by atoms with Crippen LogP contribution in [0, 0.1) is 0 Å². The zero-order valence-corrected chi connectivity index (χ0v) is 13.6. The minimum absolute atomic E-state index is 0.199. The van der Waals surface area contributed by atoms with E-state index < -0.39 is 11.0 Å². The van der Waals surface area contributed by atoms with Gasteiger partial charge >= 0.3 is 0 Å². The van der Waals surface area contributed by atoms with Crippen LogP contribution in [0.5, 0.6) is 0 Å². The van der Waals surface area contributed by atoms with Gasteiger partial charge in [0.15, 0.2) is 0 Å². The average molecular weight is 336 g/mol. The van der Waals surface area contributed by atoms with E-state index in [0.29, 0.717) is 10.5 Å². The predicted octanol–water partition coefficient (Wildman–Crippen LogP) is 4.07. The fourth-order valence-electron chi connectivity index (χ4n) is 2.13. The molecule has 3 aromatic rings. The van der Waals surface area contributed by atoms with Gasteiger partial charge in [-0.15, -0.1) is 0 Å². The first-order chi connectivity index (χ1) is 11.7. The van der Waals surface area contributed by atoms with Crippen molar-refractivity contribution in [2.75, 3.05) is 10.0 Å². The third kappa shape index (κ3) is 4.08. The van der Waals surface area contributed by atoms with Crippen molar-refractivity contribution in [3.05, 3.63) is 90.5 Å². The van der Waals surface area contributed by atoms with E-state index in [-0.39, 0.29) is 5.91 Å². The molecule has 120 valence electrons. The molecule has 1 atom stereocenters. The molecule has 0 aliphatic carbocycles. The maximum atomic E-state index is 12.3. The highest BCUT2D eigenvalue weighted by Crippen LogP contribution is 2.14. The molecule has 0 aliphatic rings. The SMILES string of the molecule is O=C(Nc1ccccc1)c1ccc(S(=O)Nc2ccccc2)cc1. The number of nitrogens with one attached hydrogen (secondary N) is 2. The number of hydrogen-bond acceptors (Lipinski definition) is 2. The van der Waals surface area contributed by atoms with Crippen LogP contribution < -0.4 is 10.0 Å². The molecule has 3 aromatic carbocycles. The zero-order valence-electron chi connectivity index (χ0n) is 12.8. The van der Waals surface area contributed by atoms with Gasteiger partial charge in [-0.05, 0) is 48.5 Å². The van der Waals surface area contributed by atoms with E-state index in [1.165, 1.54) is 0 Å². The van der Waals surface area contributed by atoms with Crippen LogP contribution in [-0.2, 0) is 11.0 Å². The van der Waals surface area contributed by atoms with Crippen molar-refractivity contribution in [2.24, 2.45) is 0 Å². The van der Waals surface area contributed by atoms with Gasteiger partial charge in [0.25, 0.3) is 5.91 Å². The fraction of sp³-hybridized carbons (Fsp3) is 0.